The molecule has 0 aliphatic carbocycles. The van der Waals surface area contributed by atoms with Crippen molar-refractivity contribution in [2.24, 2.45) is 0 Å². The number of amides is 1. The van der Waals surface area contributed by atoms with Crippen molar-refractivity contribution < 1.29 is 4.79 Å². The number of nitrogens with one attached hydrogen (secondary N) is 2. The summed E-state index contributed by atoms with van der Waals surface area (Å²) in [7, 11) is 0. The highest BCUT2D eigenvalue weighted by Gasteiger charge is 2.22. The third-order valence-electron chi connectivity index (χ3n) is 3.33. The first kappa shape index (κ1) is 16.0. The van der Waals surface area contributed by atoms with Gasteiger partial charge < -0.3 is 10.6 Å². The predicted molar refractivity (Wildman–Crippen MR) is 88.2 cm³/mol. The van der Waals surface area contributed by atoms with Crippen LogP contribution in [0.4, 0.5) is 5.69 Å². The van der Waals surface area contributed by atoms with E-state index in [1.165, 1.54) is 0 Å². The SMILES string of the molecule is Cl.O=C(Nc1cnn(-c2ccccc2Br)c1)C1CCCN1. The summed E-state index contributed by atoms with van der Waals surface area (Å²) in [6.07, 6.45) is 5.41. The molecule has 5 nitrogen and oxygen atoms in total. The third-order valence-corrected chi connectivity index (χ3v) is 4.00. The van der Waals surface area contributed by atoms with E-state index in [1.54, 1.807) is 10.9 Å². The lowest BCUT2D eigenvalue weighted by Crippen LogP contribution is -2.35. The summed E-state index contributed by atoms with van der Waals surface area (Å²) in [5.41, 5.74) is 1.64. The smallest absolute Gasteiger partial charge is 0.241 e. The fourth-order valence-corrected chi connectivity index (χ4v) is 2.76. The van der Waals surface area contributed by atoms with Crippen LogP contribution in [0.5, 0.6) is 0 Å². The van der Waals surface area contributed by atoms with Crippen LogP contribution in [0.25, 0.3) is 5.69 Å². The summed E-state index contributed by atoms with van der Waals surface area (Å²) in [6.45, 7) is 0.911. The number of rotatable bonds is 3. The summed E-state index contributed by atoms with van der Waals surface area (Å²) < 4.78 is 2.69. The lowest BCUT2D eigenvalue weighted by molar-refractivity contribution is -0.117. The van der Waals surface area contributed by atoms with E-state index < -0.39 is 0 Å². The topological polar surface area (TPSA) is 59.0 Å². The van der Waals surface area contributed by atoms with Crippen LogP contribution in [0.3, 0.4) is 0 Å². The second-order valence-electron chi connectivity index (χ2n) is 4.76. The molecule has 2 N–H and O–H groups in total. The Morgan fingerprint density at radius 2 is 2.24 bits per heavy atom. The van der Waals surface area contributed by atoms with Crippen LogP contribution in [0.15, 0.2) is 41.1 Å². The van der Waals surface area contributed by atoms with Gasteiger partial charge in [-0.25, -0.2) is 4.68 Å². The Labute approximate surface area is 137 Å². The van der Waals surface area contributed by atoms with Crippen LogP contribution in [0.2, 0.25) is 0 Å². The zero-order valence-corrected chi connectivity index (χ0v) is 13.7. The quantitative estimate of drug-likeness (QED) is 0.872. The van der Waals surface area contributed by atoms with Crippen molar-refractivity contribution in [3.8, 4) is 5.69 Å². The molecule has 1 fully saturated rings. The van der Waals surface area contributed by atoms with Gasteiger partial charge in [-0.2, -0.15) is 5.10 Å². The molecule has 1 aliphatic rings. The Kier molecular flexibility index (Phi) is 5.39. The molecule has 1 unspecified atom stereocenters. The number of hydrogen-bond acceptors (Lipinski definition) is 3. The fraction of sp³-hybridized carbons (Fsp3) is 0.286. The van der Waals surface area contributed by atoms with Gasteiger partial charge in [0.05, 0.1) is 29.8 Å². The van der Waals surface area contributed by atoms with E-state index in [9.17, 15) is 4.79 Å². The first-order chi connectivity index (χ1) is 9.74. The van der Waals surface area contributed by atoms with Crippen molar-refractivity contribution in [1.29, 1.82) is 0 Å². The van der Waals surface area contributed by atoms with Crippen molar-refractivity contribution in [2.45, 2.75) is 18.9 Å². The lowest BCUT2D eigenvalue weighted by atomic mass is 10.2. The average molecular weight is 372 g/mol. The lowest BCUT2D eigenvalue weighted by Gasteiger charge is -2.09. The highest BCUT2D eigenvalue weighted by Crippen LogP contribution is 2.21. The minimum Gasteiger partial charge on any atom is -0.322 e. The Morgan fingerprint density at radius 3 is 2.95 bits per heavy atom. The molecule has 0 radical (unpaired) electrons. The summed E-state index contributed by atoms with van der Waals surface area (Å²) in [5, 5.41) is 10.3. The molecule has 1 aromatic carbocycles. The first-order valence-electron chi connectivity index (χ1n) is 6.58. The molecule has 1 atom stereocenters. The highest BCUT2D eigenvalue weighted by molar-refractivity contribution is 9.10. The van der Waals surface area contributed by atoms with Crippen LogP contribution in [-0.2, 0) is 4.79 Å². The molecule has 1 saturated heterocycles. The zero-order valence-electron chi connectivity index (χ0n) is 11.3. The molecule has 0 saturated carbocycles. The van der Waals surface area contributed by atoms with Gasteiger partial charge in [0.15, 0.2) is 0 Å². The molecular formula is C14H16BrClN4O. The normalized spacial score (nSPS) is 17.3. The van der Waals surface area contributed by atoms with Gasteiger partial charge in [-0.1, -0.05) is 12.1 Å². The van der Waals surface area contributed by atoms with Gasteiger partial charge in [-0.15, -0.1) is 12.4 Å². The number of aromatic nitrogens is 2. The van der Waals surface area contributed by atoms with Gasteiger partial charge in [0, 0.05) is 4.47 Å². The summed E-state index contributed by atoms with van der Waals surface area (Å²) in [4.78, 5) is 12.0. The number of para-hydroxylation sites is 1. The Hall–Kier alpha value is -1.37. The number of hydrogen-bond donors (Lipinski definition) is 2. The molecule has 1 aromatic heterocycles. The van der Waals surface area contributed by atoms with Crippen LogP contribution in [0, 0.1) is 0 Å². The van der Waals surface area contributed by atoms with Crippen LogP contribution >= 0.6 is 28.3 Å². The van der Waals surface area contributed by atoms with Gasteiger partial charge >= 0.3 is 0 Å². The Morgan fingerprint density at radius 1 is 1.43 bits per heavy atom. The molecule has 2 aromatic rings. The van der Waals surface area contributed by atoms with E-state index in [1.807, 2.05) is 30.5 Å². The number of nitrogens with zero attached hydrogens (tertiary/aromatic N) is 2. The molecule has 1 aliphatic heterocycles. The predicted octanol–water partition coefficient (Wildman–Crippen LogP) is 2.75. The van der Waals surface area contributed by atoms with Gasteiger partial charge in [0.25, 0.3) is 0 Å². The van der Waals surface area contributed by atoms with Crippen molar-refractivity contribution in [3.63, 3.8) is 0 Å². The summed E-state index contributed by atoms with van der Waals surface area (Å²) >= 11 is 3.49. The maximum atomic E-state index is 12.0. The number of benzene rings is 1. The maximum absolute atomic E-state index is 12.0. The number of anilines is 1. The molecular weight excluding hydrogens is 356 g/mol. The Balaban J connectivity index is 0.00000161. The first-order valence-corrected chi connectivity index (χ1v) is 7.37. The van der Waals surface area contributed by atoms with Gasteiger partial charge in [-0.05, 0) is 47.4 Å². The Bertz CT molecular complexity index is 625. The van der Waals surface area contributed by atoms with Gasteiger partial charge in [-0.3, -0.25) is 4.79 Å². The van der Waals surface area contributed by atoms with Crippen LogP contribution < -0.4 is 10.6 Å². The number of carbonyl (C=O) groups excluding carboxylic acids is 1. The zero-order chi connectivity index (χ0) is 13.9. The van der Waals surface area contributed by atoms with Crippen molar-refractivity contribution in [3.05, 3.63) is 41.1 Å². The van der Waals surface area contributed by atoms with Crippen molar-refractivity contribution in [1.82, 2.24) is 15.1 Å². The number of carbonyl (C=O) groups is 1. The van der Waals surface area contributed by atoms with E-state index >= 15 is 0 Å². The van der Waals surface area contributed by atoms with E-state index in [0.717, 1.165) is 29.5 Å². The van der Waals surface area contributed by atoms with Crippen LogP contribution in [-0.4, -0.2) is 28.3 Å². The number of halogens is 2. The van der Waals surface area contributed by atoms with Gasteiger partial charge in [0.2, 0.25) is 5.91 Å². The molecule has 2 heterocycles. The second kappa shape index (κ2) is 7.06. The molecule has 0 spiro atoms. The minimum absolute atomic E-state index is 0. The second-order valence-corrected chi connectivity index (χ2v) is 5.62. The third kappa shape index (κ3) is 3.64. The van der Waals surface area contributed by atoms with Crippen molar-refractivity contribution in [2.75, 3.05) is 11.9 Å². The monoisotopic (exact) mass is 370 g/mol. The molecule has 21 heavy (non-hydrogen) atoms. The van der Waals surface area contributed by atoms with E-state index in [0.29, 0.717) is 5.69 Å². The molecule has 7 heteroatoms. The highest BCUT2D eigenvalue weighted by atomic mass is 79.9. The van der Waals surface area contributed by atoms with Gasteiger partial charge in [0.1, 0.15) is 0 Å². The molecule has 0 bridgehead atoms. The minimum atomic E-state index is -0.0817. The fourth-order valence-electron chi connectivity index (χ4n) is 2.29. The average Bonchev–Trinajstić information content (AvgIpc) is 3.10. The van der Waals surface area contributed by atoms with E-state index in [-0.39, 0.29) is 24.4 Å². The molecule has 3 rings (SSSR count). The maximum Gasteiger partial charge on any atom is 0.241 e. The molecule has 1 amide bonds. The van der Waals surface area contributed by atoms with Crippen molar-refractivity contribution >= 4 is 39.9 Å². The molecule has 112 valence electrons. The standard InChI is InChI=1S/C14H15BrN4O.ClH/c15-11-4-1-2-6-13(11)19-9-10(8-17-19)18-14(20)12-5-3-7-16-12;/h1-2,4,6,8-9,12,16H,3,5,7H2,(H,18,20);1H. The van der Waals surface area contributed by atoms with Crippen LogP contribution in [0.1, 0.15) is 12.8 Å². The van der Waals surface area contributed by atoms with E-state index in [2.05, 4.69) is 31.7 Å². The van der Waals surface area contributed by atoms with E-state index in [4.69, 9.17) is 0 Å². The largest absolute Gasteiger partial charge is 0.322 e. The summed E-state index contributed by atoms with van der Waals surface area (Å²) in [5.74, 6) is 0.00850. The summed E-state index contributed by atoms with van der Waals surface area (Å²) in [6, 6.07) is 7.73.